The standard InChI is InChI=1S/C16H21F3O2S/c1-4-5-6-11-21-14(20)15(2,3)22-13-9-7-12(8-10-13)16(17,18)19/h7-10H,4-6,11H2,1-3H3. The monoisotopic (exact) mass is 334 g/mol. The Hall–Kier alpha value is -1.17. The lowest BCUT2D eigenvalue weighted by Crippen LogP contribution is -2.30. The molecule has 0 aromatic heterocycles. The smallest absolute Gasteiger partial charge is 0.416 e. The second-order valence-corrected chi connectivity index (χ2v) is 7.17. The SMILES string of the molecule is CCCCCOC(=O)C(C)(C)Sc1ccc(C(F)(F)F)cc1. The lowest BCUT2D eigenvalue weighted by molar-refractivity contribution is -0.145. The third kappa shape index (κ3) is 5.91. The highest BCUT2D eigenvalue weighted by molar-refractivity contribution is 8.01. The molecule has 0 aliphatic rings. The molecule has 0 radical (unpaired) electrons. The Bertz CT molecular complexity index is 481. The molecule has 0 atom stereocenters. The Morgan fingerprint density at radius 3 is 2.23 bits per heavy atom. The van der Waals surface area contributed by atoms with Gasteiger partial charge in [-0.2, -0.15) is 13.2 Å². The molecule has 2 nitrogen and oxygen atoms in total. The van der Waals surface area contributed by atoms with E-state index in [0.29, 0.717) is 11.5 Å². The molecular formula is C16H21F3O2S. The first-order chi connectivity index (χ1) is 10.2. The molecule has 0 spiro atoms. The van der Waals surface area contributed by atoms with Crippen molar-refractivity contribution in [3.63, 3.8) is 0 Å². The minimum Gasteiger partial charge on any atom is -0.465 e. The number of unbranched alkanes of at least 4 members (excludes halogenated alkanes) is 2. The fraction of sp³-hybridized carbons (Fsp3) is 0.562. The van der Waals surface area contributed by atoms with Crippen LogP contribution in [-0.4, -0.2) is 17.3 Å². The van der Waals surface area contributed by atoms with Gasteiger partial charge in [0, 0.05) is 4.90 Å². The quantitative estimate of drug-likeness (QED) is 0.384. The van der Waals surface area contributed by atoms with E-state index >= 15 is 0 Å². The summed E-state index contributed by atoms with van der Waals surface area (Å²) in [5, 5.41) is 0. The summed E-state index contributed by atoms with van der Waals surface area (Å²) in [6.45, 7) is 5.85. The molecule has 0 unspecified atom stereocenters. The van der Waals surface area contributed by atoms with Gasteiger partial charge >= 0.3 is 12.1 Å². The van der Waals surface area contributed by atoms with Crippen molar-refractivity contribution in [2.75, 3.05) is 6.61 Å². The van der Waals surface area contributed by atoms with E-state index in [1.807, 2.05) is 0 Å². The second-order valence-electron chi connectivity index (χ2n) is 5.48. The Labute approximate surface area is 133 Å². The highest BCUT2D eigenvalue weighted by Crippen LogP contribution is 2.36. The Morgan fingerprint density at radius 1 is 1.14 bits per heavy atom. The van der Waals surface area contributed by atoms with Crippen LogP contribution >= 0.6 is 11.8 Å². The molecule has 0 amide bonds. The van der Waals surface area contributed by atoms with Crippen LogP contribution in [0.2, 0.25) is 0 Å². The van der Waals surface area contributed by atoms with Crippen molar-refractivity contribution < 1.29 is 22.7 Å². The molecule has 0 bridgehead atoms. The largest absolute Gasteiger partial charge is 0.465 e. The first-order valence-electron chi connectivity index (χ1n) is 7.20. The minimum atomic E-state index is -4.35. The summed E-state index contributed by atoms with van der Waals surface area (Å²) in [6, 6.07) is 4.79. The van der Waals surface area contributed by atoms with Crippen molar-refractivity contribution in [3.05, 3.63) is 29.8 Å². The van der Waals surface area contributed by atoms with Crippen LogP contribution in [0.3, 0.4) is 0 Å². The second kappa shape index (κ2) is 7.90. The number of benzene rings is 1. The predicted molar refractivity (Wildman–Crippen MR) is 81.9 cm³/mol. The molecular weight excluding hydrogens is 313 g/mol. The summed E-state index contributed by atoms with van der Waals surface area (Å²) < 4.78 is 41.9. The molecule has 22 heavy (non-hydrogen) atoms. The van der Waals surface area contributed by atoms with Crippen LogP contribution < -0.4 is 0 Å². The number of alkyl halides is 3. The number of hydrogen-bond donors (Lipinski definition) is 0. The van der Waals surface area contributed by atoms with Crippen LogP contribution in [0.5, 0.6) is 0 Å². The fourth-order valence-corrected chi connectivity index (χ4v) is 2.74. The van der Waals surface area contributed by atoms with E-state index < -0.39 is 16.5 Å². The molecule has 0 aliphatic heterocycles. The van der Waals surface area contributed by atoms with Gasteiger partial charge in [0.25, 0.3) is 0 Å². The molecule has 124 valence electrons. The van der Waals surface area contributed by atoms with E-state index in [1.54, 1.807) is 13.8 Å². The minimum absolute atomic E-state index is 0.353. The van der Waals surface area contributed by atoms with Gasteiger partial charge in [-0.3, -0.25) is 4.79 Å². The summed E-state index contributed by atoms with van der Waals surface area (Å²) in [4.78, 5) is 12.6. The van der Waals surface area contributed by atoms with Crippen molar-refractivity contribution in [3.8, 4) is 0 Å². The van der Waals surface area contributed by atoms with E-state index in [2.05, 4.69) is 6.92 Å². The fourth-order valence-electron chi connectivity index (χ4n) is 1.74. The van der Waals surface area contributed by atoms with Gasteiger partial charge in [0.05, 0.1) is 12.2 Å². The number of rotatable bonds is 7. The lowest BCUT2D eigenvalue weighted by Gasteiger charge is -2.22. The molecule has 0 aliphatic carbocycles. The topological polar surface area (TPSA) is 26.3 Å². The van der Waals surface area contributed by atoms with E-state index in [4.69, 9.17) is 4.74 Å². The van der Waals surface area contributed by atoms with Gasteiger partial charge in [-0.25, -0.2) is 0 Å². The average molecular weight is 334 g/mol. The van der Waals surface area contributed by atoms with Crippen LogP contribution in [0.1, 0.15) is 45.6 Å². The van der Waals surface area contributed by atoms with Crippen LogP contribution in [0, 0.1) is 0 Å². The zero-order valence-electron chi connectivity index (χ0n) is 13.0. The van der Waals surface area contributed by atoms with E-state index in [0.717, 1.165) is 31.4 Å². The van der Waals surface area contributed by atoms with Crippen LogP contribution in [0.15, 0.2) is 29.2 Å². The van der Waals surface area contributed by atoms with Gasteiger partial charge in [0.2, 0.25) is 0 Å². The van der Waals surface area contributed by atoms with Gasteiger partial charge in [0.15, 0.2) is 0 Å². The van der Waals surface area contributed by atoms with E-state index in [1.165, 1.54) is 23.9 Å². The van der Waals surface area contributed by atoms with Gasteiger partial charge in [0.1, 0.15) is 4.75 Å². The third-order valence-electron chi connectivity index (χ3n) is 3.03. The van der Waals surface area contributed by atoms with Crippen LogP contribution in [0.4, 0.5) is 13.2 Å². The summed E-state index contributed by atoms with van der Waals surface area (Å²) in [7, 11) is 0. The first kappa shape index (κ1) is 18.9. The summed E-state index contributed by atoms with van der Waals surface area (Å²) in [5.41, 5.74) is -0.697. The molecule has 0 heterocycles. The predicted octanol–water partition coefficient (Wildman–Crippen LogP) is 5.31. The number of esters is 1. The average Bonchev–Trinajstić information content (AvgIpc) is 2.42. The molecule has 1 aromatic carbocycles. The Morgan fingerprint density at radius 2 is 1.73 bits per heavy atom. The molecule has 0 fully saturated rings. The lowest BCUT2D eigenvalue weighted by atomic mass is 10.2. The molecule has 1 aromatic rings. The summed E-state index contributed by atoms with van der Waals surface area (Å²) >= 11 is 1.20. The Kier molecular flexibility index (Phi) is 6.78. The third-order valence-corrected chi connectivity index (χ3v) is 4.21. The van der Waals surface area contributed by atoms with Gasteiger partial charge in [-0.1, -0.05) is 19.8 Å². The zero-order valence-corrected chi connectivity index (χ0v) is 13.8. The van der Waals surface area contributed by atoms with Crippen molar-refractivity contribution in [1.82, 2.24) is 0 Å². The number of carbonyl (C=O) groups is 1. The van der Waals surface area contributed by atoms with Gasteiger partial charge in [-0.05, 0) is 44.5 Å². The maximum absolute atomic E-state index is 12.5. The zero-order chi connectivity index (χ0) is 16.8. The van der Waals surface area contributed by atoms with Crippen molar-refractivity contribution >= 4 is 17.7 Å². The molecule has 0 saturated carbocycles. The molecule has 0 saturated heterocycles. The van der Waals surface area contributed by atoms with Crippen molar-refractivity contribution in [2.45, 2.75) is 55.9 Å². The number of thioether (sulfide) groups is 1. The van der Waals surface area contributed by atoms with E-state index in [-0.39, 0.29) is 5.97 Å². The number of halogens is 3. The molecule has 6 heteroatoms. The number of ether oxygens (including phenoxy) is 1. The summed E-state index contributed by atoms with van der Waals surface area (Å²) in [6.07, 6.45) is -1.48. The number of hydrogen-bond acceptors (Lipinski definition) is 3. The highest BCUT2D eigenvalue weighted by Gasteiger charge is 2.32. The van der Waals surface area contributed by atoms with Crippen LogP contribution in [-0.2, 0) is 15.7 Å². The Balaban J connectivity index is 2.61. The molecule has 0 N–H and O–H groups in total. The van der Waals surface area contributed by atoms with Gasteiger partial charge in [-0.15, -0.1) is 11.8 Å². The molecule has 1 rings (SSSR count). The maximum Gasteiger partial charge on any atom is 0.416 e. The summed E-state index contributed by atoms with van der Waals surface area (Å²) in [5.74, 6) is -0.353. The van der Waals surface area contributed by atoms with E-state index in [9.17, 15) is 18.0 Å². The van der Waals surface area contributed by atoms with Crippen LogP contribution in [0.25, 0.3) is 0 Å². The number of carbonyl (C=O) groups excluding carboxylic acids is 1. The highest BCUT2D eigenvalue weighted by atomic mass is 32.2. The maximum atomic E-state index is 12.5. The van der Waals surface area contributed by atoms with Crippen molar-refractivity contribution in [2.24, 2.45) is 0 Å². The van der Waals surface area contributed by atoms with Crippen molar-refractivity contribution in [1.29, 1.82) is 0 Å². The van der Waals surface area contributed by atoms with Gasteiger partial charge < -0.3 is 4.74 Å². The normalized spacial score (nSPS) is 12.3. The first-order valence-corrected chi connectivity index (χ1v) is 8.02.